The lowest BCUT2D eigenvalue weighted by atomic mass is 10.0. The van der Waals surface area contributed by atoms with Crippen LogP contribution in [-0.2, 0) is 34.8 Å². The maximum Gasteiger partial charge on any atom is 0.407 e. The lowest BCUT2D eigenvalue weighted by Gasteiger charge is -2.20. The van der Waals surface area contributed by atoms with Gasteiger partial charge >= 0.3 is 12.0 Å². The summed E-state index contributed by atoms with van der Waals surface area (Å²) < 4.78 is 49.5. The molecule has 1 aromatic carbocycles. The number of benzene rings is 1. The van der Waals surface area contributed by atoms with E-state index in [1.165, 1.54) is 12.1 Å². The van der Waals surface area contributed by atoms with Crippen molar-refractivity contribution in [1.82, 2.24) is 15.6 Å². The number of alkyl carbamates (subject to hydrolysis) is 1. The summed E-state index contributed by atoms with van der Waals surface area (Å²) in [7, 11) is 0. The van der Waals surface area contributed by atoms with Gasteiger partial charge in [0.15, 0.2) is 17.8 Å². The smallest absolute Gasteiger partial charge is 0.407 e. The molecule has 0 atom stereocenters. The number of carbonyl (C=O) groups excluding carboxylic acids is 2. The standard InChI is InChI=1S/C28H30Cl2F3N5O4/c1-27(2,3)42-26(40)34-10-9-17-7-8-19(29)12-18(17)14-35-23(39)13-20-21(30)15-36-25(24(20)31)37-16-28(32,33)22-6-4-5-11-38(22)41/h4-8,11-12,15H,9-10,13-14,16H2,1-3H3,(H,34,40)(H,35,39)(H,36,37). The number of halogens is 5. The highest BCUT2D eigenvalue weighted by molar-refractivity contribution is 6.31. The number of rotatable bonds is 11. The summed E-state index contributed by atoms with van der Waals surface area (Å²) in [4.78, 5) is 28.4. The van der Waals surface area contributed by atoms with Gasteiger partial charge in [0, 0.05) is 42.0 Å². The van der Waals surface area contributed by atoms with Crippen LogP contribution in [-0.4, -0.2) is 35.7 Å². The fraction of sp³-hybridized carbons (Fsp3) is 0.357. The molecule has 0 aliphatic carbocycles. The number of amides is 2. The summed E-state index contributed by atoms with van der Waals surface area (Å²) in [6.07, 6.45) is 1.31. The van der Waals surface area contributed by atoms with Gasteiger partial charge in [-0.25, -0.2) is 14.2 Å². The summed E-state index contributed by atoms with van der Waals surface area (Å²) >= 11 is 12.2. The first-order chi connectivity index (χ1) is 19.7. The van der Waals surface area contributed by atoms with E-state index in [1.807, 2.05) is 0 Å². The zero-order valence-corrected chi connectivity index (χ0v) is 24.6. The Bertz CT molecular complexity index is 1440. The number of alkyl halides is 2. The van der Waals surface area contributed by atoms with Gasteiger partial charge in [-0.3, -0.25) is 4.79 Å². The number of aromatic nitrogens is 2. The Morgan fingerprint density at radius 2 is 1.83 bits per heavy atom. The van der Waals surface area contributed by atoms with Crippen LogP contribution in [0.2, 0.25) is 10.0 Å². The number of pyridine rings is 2. The topological polar surface area (TPSA) is 119 Å². The largest absolute Gasteiger partial charge is 0.618 e. The molecule has 0 aliphatic heterocycles. The van der Waals surface area contributed by atoms with Crippen LogP contribution in [0.5, 0.6) is 0 Å². The molecule has 2 heterocycles. The van der Waals surface area contributed by atoms with Crippen LogP contribution in [0.15, 0.2) is 48.8 Å². The number of anilines is 1. The van der Waals surface area contributed by atoms with Gasteiger partial charge in [0.25, 0.3) is 5.69 Å². The lowest BCUT2D eigenvalue weighted by Crippen LogP contribution is -2.41. The molecule has 0 aliphatic rings. The lowest BCUT2D eigenvalue weighted by molar-refractivity contribution is -0.624. The van der Waals surface area contributed by atoms with Crippen LogP contribution in [0.4, 0.5) is 23.8 Å². The van der Waals surface area contributed by atoms with E-state index in [1.54, 1.807) is 39.0 Å². The first-order valence-corrected chi connectivity index (χ1v) is 13.6. The molecule has 3 rings (SSSR count). The summed E-state index contributed by atoms with van der Waals surface area (Å²) in [5, 5.41) is 19.5. The predicted molar refractivity (Wildman–Crippen MR) is 152 cm³/mol. The molecule has 2 amide bonds. The normalized spacial score (nSPS) is 11.6. The number of nitrogens with one attached hydrogen (secondary N) is 3. The molecule has 0 radical (unpaired) electrons. The van der Waals surface area contributed by atoms with Crippen LogP contribution in [0.1, 0.15) is 43.2 Å². The van der Waals surface area contributed by atoms with Gasteiger partial charge in [0.2, 0.25) is 5.91 Å². The Labute approximate surface area is 251 Å². The number of carbonyl (C=O) groups is 2. The minimum atomic E-state index is -3.65. The Morgan fingerprint density at radius 3 is 2.52 bits per heavy atom. The van der Waals surface area contributed by atoms with E-state index >= 15 is 4.39 Å². The van der Waals surface area contributed by atoms with Gasteiger partial charge in [-0.05, 0) is 56.5 Å². The van der Waals surface area contributed by atoms with E-state index in [-0.39, 0.29) is 28.4 Å². The van der Waals surface area contributed by atoms with Gasteiger partial charge in [0.1, 0.15) is 5.60 Å². The average molecular weight is 628 g/mol. The zero-order valence-electron chi connectivity index (χ0n) is 23.1. The van der Waals surface area contributed by atoms with Crippen molar-refractivity contribution < 1.29 is 32.2 Å². The Hall–Kier alpha value is -3.77. The first kappa shape index (κ1) is 32.7. The van der Waals surface area contributed by atoms with Crippen LogP contribution in [0.3, 0.4) is 0 Å². The van der Waals surface area contributed by atoms with E-state index in [0.29, 0.717) is 17.0 Å². The van der Waals surface area contributed by atoms with E-state index in [0.717, 1.165) is 24.0 Å². The summed E-state index contributed by atoms with van der Waals surface area (Å²) in [6.45, 7) is 4.43. The first-order valence-electron chi connectivity index (χ1n) is 12.8. The number of hydrogen-bond donors (Lipinski definition) is 3. The fourth-order valence-electron chi connectivity index (χ4n) is 3.82. The molecular weight excluding hydrogens is 598 g/mol. The molecule has 0 bridgehead atoms. The maximum atomic E-state index is 15.2. The maximum absolute atomic E-state index is 15.2. The van der Waals surface area contributed by atoms with Gasteiger partial charge in [-0.15, -0.1) is 0 Å². The van der Waals surface area contributed by atoms with Crippen LogP contribution in [0.25, 0.3) is 0 Å². The number of hydrogen-bond acceptors (Lipinski definition) is 6. The molecule has 0 spiro atoms. The fourth-order valence-corrected chi connectivity index (χ4v) is 4.21. The average Bonchev–Trinajstić information content (AvgIpc) is 2.89. The molecular formula is C28H30Cl2F3N5O4. The zero-order chi connectivity index (χ0) is 31.1. The van der Waals surface area contributed by atoms with E-state index in [4.69, 9.17) is 27.9 Å². The predicted octanol–water partition coefficient (Wildman–Crippen LogP) is 5.29. The summed E-state index contributed by atoms with van der Waals surface area (Å²) in [6, 6.07) is 8.63. The van der Waals surface area contributed by atoms with Crippen molar-refractivity contribution >= 4 is 41.0 Å². The van der Waals surface area contributed by atoms with Crippen molar-refractivity contribution in [3.05, 3.63) is 92.2 Å². The molecule has 3 aromatic rings. The second-order valence-corrected chi connectivity index (χ2v) is 11.1. The highest BCUT2D eigenvalue weighted by Gasteiger charge is 2.39. The van der Waals surface area contributed by atoms with Crippen LogP contribution < -0.4 is 20.7 Å². The molecule has 9 nitrogen and oxygen atoms in total. The molecule has 0 fully saturated rings. The molecule has 42 heavy (non-hydrogen) atoms. The Kier molecular flexibility index (Phi) is 10.9. The molecule has 226 valence electrons. The van der Waals surface area contributed by atoms with Crippen molar-refractivity contribution in [2.75, 3.05) is 18.4 Å². The number of ether oxygens (including phenoxy) is 1. The van der Waals surface area contributed by atoms with E-state index in [2.05, 4.69) is 20.9 Å². The van der Waals surface area contributed by atoms with Gasteiger partial charge < -0.3 is 25.9 Å². The van der Waals surface area contributed by atoms with Gasteiger partial charge in [0.05, 0.1) is 18.0 Å². The Morgan fingerprint density at radius 1 is 1.10 bits per heavy atom. The van der Waals surface area contributed by atoms with Crippen LogP contribution in [0, 0.1) is 11.0 Å². The van der Waals surface area contributed by atoms with Crippen molar-refractivity contribution in [3.63, 3.8) is 0 Å². The van der Waals surface area contributed by atoms with Crippen molar-refractivity contribution in [2.45, 2.75) is 51.7 Å². The molecule has 0 saturated heterocycles. The van der Waals surface area contributed by atoms with E-state index in [9.17, 15) is 23.6 Å². The Balaban J connectivity index is 1.63. The minimum Gasteiger partial charge on any atom is -0.618 e. The molecule has 3 N–H and O–H groups in total. The van der Waals surface area contributed by atoms with Crippen LogP contribution >= 0.6 is 23.2 Å². The third kappa shape index (κ3) is 9.38. The molecule has 2 aromatic heterocycles. The quantitative estimate of drug-likeness (QED) is 0.196. The van der Waals surface area contributed by atoms with E-state index < -0.39 is 53.8 Å². The summed E-state index contributed by atoms with van der Waals surface area (Å²) in [5.74, 6) is -5.88. The SMILES string of the molecule is CC(C)(C)OC(=O)NCCc1ccc(Cl)cc1CNC(=O)Cc1c(Cl)cnc(NCC(F)(F)c2cccc[n+]2[O-])c1F. The second-order valence-electron chi connectivity index (χ2n) is 10.3. The van der Waals surface area contributed by atoms with Crippen molar-refractivity contribution in [1.29, 1.82) is 0 Å². The second kappa shape index (κ2) is 13.9. The highest BCUT2D eigenvalue weighted by atomic mass is 35.5. The monoisotopic (exact) mass is 627 g/mol. The third-order valence-corrected chi connectivity index (χ3v) is 6.35. The van der Waals surface area contributed by atoms with Crippen molar-refractivity contribution in [2.24, 2.45) is 0 Å². The van der Waals surface area contributed by atoms with Gasteiger partial charge in [-0.1, -0.05) is 29.3 Å². The number of nitrogens with zero attached hydrogens (tertiary/aromatic N) is 2. The molecule has 0 saturated carbocycles. The summed E-state index contributed by atoms with van der Waals surface area (Å²) in [5.41, 5.74) is -0.241. The third-order valence-electron chi connectivity index (χ3n) is 5.79. The molecule has 14 heteroatoms. The highest BCUT2D eigenvalue weighted by Crippen LogP contribution is 2.28. The van der Waals surface area contributed by atoms with Gasteiger partial charge in [-0.2, -0.15) is 13.5 Å². The molecule has 0 unspecified atom stereocenters. The van der Waals surface area contributed by atoms with Crippen molar-refractivity contribution in [3.8, 4) is 0 Å². The minimum absolute atomic E-state index is 0.0198.